The number of rotatable bonds is 4. The van der Waals surface area contributed by atoms with Gasteiger partial charge in [0.2, 0.25) is 0 Å². The number of imidazole rings is 1. The first-order valence-electron chi connectivity index (χ1n) is 5.20. The molecule has 86 valence electrons. The van der Waals surface area contributed by atoms with Crippen molar-refractivity contribution in [3.05, 3.63) is 17.7 Å². The zero-order valence-electron chi connectivity index (χ0n) is 9.80. The Hall–Kier alpha value is -0.540. The summed E-state index contributed by atoms with van der Waals surface area (Å²) < 4.78 is 5.71. The molecular formula is C11H19ClN2O. The van der Waals surface area contributed by atoms with Crippen LogP contribution in [0.2, 0.25) is 0 Å². The average Bonchev–Trinajstić information content (AvgIpc) is 2.60. The van der Waals surface area contributed by atoms with Crippen LogP contribution in [-0.2, 0) is 10.6 Å². The number of alkyl halides is 1. The summed E-state index contributed by atoms with van der Waals surface area (Å²) in [5.41, 5.74) is 0.956. The van der Waals surface area contributed by atoms with Crippen molar-refractivity contribution in [1.29, 1.82) is 0 Å². The van der Waals surface area contributed by atoms with E-state index in [9.17, 15) is 0 Å². The lowest BCUT2D eigenvalue weighted by Gasteiger charge is -2.28. The molecule has 1 rings (SSSR count). The Balaban J connectivity index is 2.88. The van der Waals surface area contributed by atoms with E-state index in [0.717, 1.165) is 11.5 Å². The molecule has 0 amide bonds. The van der Waals surface area contributed by atoms with E-state index in [-0.39, 0.29) is 11.5 Å². The fourth-order valence-electron chi connectivity index (χ4n) is 1.48. The molecule has 1 atom stereocenters. The number of H-pyrrole nitrogens is 1. The van der Waals surface area contributed by atoms with Gasteiger partial charge in [0.15, 0.2) is 0 Å². The standard InChI is InChI=1S/C11H19ClN2O/c1-5-15-9(11(2,3)4)10-13-7-8(6-12)14-10/h7,9H,5-6H2,1-4H3,(H,13,14). The van der Waals surface area contributed by atoms with Gasteiger partial charge >= 0.3 is 0 Å². The highest BCUT2D eigenvalue weighted by atomic mass is 35.5. The second-order valence-corrected chi connectivity index (χ2v) is 4.90. The minimum absolute atomic E-state index is 0.0144. The molecule has 15 heavy (non-hydrogen) atoms. The minimum Gasteiger partial charge on any atom is -0.370 e. The van der Waals surface area contributed by atoms with Gasteiger partial charge in [-0.1, -0.05) is 20.8 Å². The van der Waals surface area contributed by atoms with Crippen molar-refractivity contribution in [1.82, 2.24) is 9.97 Å². The first kappa shape index (κ1) is 12.5. The van der Waals surface area contributed by atoms with Gasteiger partial charge in [0.05, 0.1) is 5.88 Å². The Morgan fingerprint density at radius 1 is 1.53 bits per heavy atom. The molecule has 0 aliphatic heterocycles. The molecule has 0 saturated carbocycles. The molecule has 0 aromatic carbocycles. The summed E-state index contributed by atoms with van der Waals surface area (Å²) in [6.07, 6.45) is 1.75. The van der Waals surface area contributed by atoms with Gasteiger partial charge in [-0.2, -0.15) is 0 Å². The smallest absolute Gasteiger partial charge is 0.136 e. The molecule has 3 nitrogen and oxygen atoms in total. The molecule has 0 spiro atoms. The zero-order chi connectivity index (χ0) is 11.5. The van der Waals surface area contributed by atoms with E-state index in [1.807, 2.05) is 6.92 Å². The van der Waals surface area contributed by atoms with Gasteiger partial charge in [0.1, 0.15) is 11.9 Å². The van der Waals surface area contributed by atoms with Crippen molar-refractivity contribution in [2.24, 2.45) is 5.41 Å². The van der Waals surface area contributed by atoms with Crippen LogP contribution in [0, 0.1) is 5.41 Å². The molecule has 1 aromatic heterocycles. The van der Waals surface area contributed by atoms with Crippen LogP contribution in [0.15, 0.2) is 6.20 Å². The molecule has 4 heteroatoms. The van der Waals surface area contributed by atoms with Gasteiger partial charge in [0.25, 0.3) is 0 Å². The fraction of sp³-hybridized carbons (Fsp3) is 0.727. The van der Waals surface area contributed by atoms with Gasteiger partial charge in [0, 0.05) is 18.5 Å². The SMILES string of the molecule is CCOC(c1ncc(CCl)[nH]1)C(C)(C)C. The monoisotopic (exact) mass is 230 g/mol. The van der Waals surface area contributed by atoms with E-state index in [0.29, 0.717) is 12.5 Å². The maximum Gasteiger partial charge on any atom is 0.136 e. The highest BCUT2D eigenvalue weighted by Crippen LogP contribution is 2.34. The van der Waals surface area contributed by atoms with Crippen LogP contribution in [-0.4, -0.2) is 16.6 Å². The largest absolute Gasteiger partial charge is 0.370 e. The Morgan fingerprint density at radius 2 is 2.20 bits per heavy atom. The zero-order valence-corrected chi connectivity index (χ0v) is 10.6. The van der Waals surface area contributed by atoms with E-state index in [1.54, 1.807) is 6.20 Å². The lowest BCUT2D eigenvalue weighted by atomic mass is 9.88. The Labute approximate surface area is 96.2 Å². The van der Waals surface area contributed by atoms with Crippen molar-refractivity contribution in [2.75, 3.05) is 6.61 Å². The summed E-state index contributed by atoms with van der Waals surface area (Å²) in [5.74, 6) is 1.32. The number of halogens is 1. The predicted octanol–water partition coefficient (Wildman–Crippen LogP) is 3.27. The number of aromatic amines is 1. The molecule has 1 N–H and O–H groups in total. The van der Waals surface area contributed by atoms with E-state index < -0.39 is 0 Å². The Kier molecular flexibility index (Phi) is 4.17. The second-order valence-electron chi connectivity index (χ2n) is 4.63. The summed E-state index contributed by atoms with van der Waals surface area (Å²) in [6, 6.07) is 0. The van der Waals surface area contributed by atoms with Crippen LogP contribution >= 0.6 is 11.6 Å². The summed E-state index contributed by atoms with van der Waals surface area (Å²) >= 11 is 5.72. The van der Waals surface area contributed by atoms with Gasteiger partial charge in [-0.05, 0) is 12.3 Å². The van der Waals surface area contributed by atoms with Crippen LogP contribution in [0.5, 0.6) is 0 Å². The highest BCUT2D eigenvalue weighted by Gasteiger charge is 2.29. The number of hydrogen-bond donors (Lipinski definition) is 1. The minimum atomic E-state index is -0.0144. The van der Waals surface area contributed by atoms with E-state index >= 15 is 0 Å². The highest BCUT2D eigenvalue weighted by molar-refractivity contribution is 6.16. The third-order valence-corrected chi connectivity index (χ3v) is 2.45. The maximum atomic E-state index is 5.72. The Bertz CT molecular complexity index is 304. The maximum absolute atomic E-state index is 5.72. The molecule has 0 fully saturated rings. The Morgan fingerprint density at radius 3 is 2.60 bits per heavy atom. The average molecular weight is 231 g/mol. The van der Waals surface area contributed by atoms with Gasteiger partial charge in [-0.25, -0.2) is 4.98 Å². The topological polar surface area (TPSA) is 37.9 Å². The first-order chi connectivity index (χ1) is 6.99. The van der Waals surface area contributed by atoms with Crippen LogP contribution in [0.25, 0.3) is 0 Å². The van der Waals surface area contributed by atoms with Crippen molar-refractivity contribution >= 4 is 11.6 Å². The summed E-state index contributed by atoms with van der Waals surface area (Å²) in [4.78, 5) is 7.49. The van der Waals surface area contributed by atoms with Crippen LogP contribution in [0.1, 0.15) is 45.3 Å². The molecular weight excluding hydrogens is 212 g/mol. The van der Waals surface area contributed by atoms with E-state index in [2.05, 4.69) is 30.7 Å². The van der Waals surface area contributed by atoms with Gasteiger partial charge in [-0.3, -0.25) is 0 Å². The van der Waals surface area contributed by atoms with Crippen molar-refractivity contribution in [3.63, 3.8) is 0 Å². The molecule has 0 radical (unpaired) electrons. The number of nitrogens with one attached hydrogen (secondary N) is 1. The lowest BCUT2D eigenvalue weighted by Crippen LogP contribution is -2.22. The normalized spacial score (nSPS) is 14.2. The van der Waals surface area contributed by atoms with Crippen LogP contribution in [0.4, 0.5) is 0 Å². The summed E-state index contributed by atoms with van der Waals surface area (Å²) in [6.45, 7) is 9.08. The molecule has 0 aliphatic carbocycles. The third kappa shape index (κ3) is 3.21. The lowest BCUT2D eigenvalue weighted by molar-refractivity contribution is -0.0186. The first-order valence-corrected chi connectivity index (χ1v) is 5.73. The molecule has 0 bridgehead atoms. The number of hydrogen-bond acceptors (Lipinski definition) is 2. The third-order valence-electron chi connectivity index (χ3n) is 2.16. The molecule has 0 aliphatic rings. The predicted molar refractivity (Wildman–Crippen MR) is 62.0 cm³/mol. The van der Waals surface area contributed by atoms with E-state index in [1.165, 1.54) is 0 Å². The number of nitrogens with zero attached hydrogens (tertiary/aromatic N) is 1. The van der Waals surface area contributed by atoms with Crippen molar-refractivity contribution in [2.45, 2.75) is 39.7 Å². The van der Waals surface area contributed by atoms with E-state index in [4.69, 9.17) is 16.3 Å². The molecule has 1 aromatic rings. The van der Waals surface area contributed by atoms with Crippen LogP contribution in [0.3, 0.4) is 0 Å². The summed E-state index contributed by atoms with van der Waals surface area (Å²) in [5, 5.41) is 0. The van der Waals surface area contributed by atoms with Crippen molar-refractivity contribution in [3.8, 4) is 0 Å². The van der Waals surface area contributed by atoms with Crippen molar-refractivity contribution < 1.29 is 4.74 Å². The fourth-order valence-corrected chi connectivity index (χ4v) is 1.62. The van der Waals surface area contributed by atoms with Gasteiger partial charge in [-0.15, -0.1) is 11.6 Å². The number of ether oxygens (including phenoxy) is 1. The summed E-state index contributed by atoms with van der Waals surface area (Å²) in [7, 11) is 0. The second kappa shape index (κ2) is 4.99. The molecule has 1 unspecified atom stereocenters. The van der Waals surface area contributed by atoms with Crippen LogP contribution < -0.4 is 0 Å². The quantitative estimate of drug-likeness (QED) is 0.807. The molecule has 1 heterocycles. The number of aromatic nitrogens is 2. The van der Waals surface area contributed by atoms with Gasteiger partial charge < -0.3 is 9.72 Å². The molecule has 0 saturated heterocycles.